The summed E-state index contributed by atoms with van der Waals surface area (Å²) < 4.78 is 0. The summed E-state index contributed by atoms with van der Waals surface area (Å²) in [4.78, 5) is 25.9. The Hall–Kier alpha value is -3.35. The van der Waals surface area contributed by atoms with Crippen molar-refractivity contribution >= 4 is 23.4 Å². The summed E-state index contributed by atoms with van der Waals surface area (Å²) >= 11 is 0. The molecule has 1 aromatic heterocycles. The number of pyridine rings is 1. The molecule has 7 heteroatoms. The Morgan fingerprint density at radius 2 is 2.04 bits per heavy atom. The highest BCUT2D eigenvalue weighted by Gasteiger charge is 2.04. The van der Waals surface area contributed by atoms with Gasteiger partial charge in [-0.2, -0.15) is 5.10 Å². The molecule has 0 atom stereocenters. The first kappa shape index (κ1) is 16.0. The van der Waals surface area contributed by atoms with E-state index in [-0.39, 0.29) is 11.6 Å². The minimum Gasteiger partial charge on any atom is -0.267 e. The van der Waals surface area contributed by atoms with Gasteiger partial charge in [0.05, 0.1) is 10.6 Å². The van der Waals surface area contributed by atoms with Crippen LogP contribution in [0.5, 0.6) is 0 Å². The minimum atomic E-state index is -0.451. The van der Waals surface area contributed by atoms with Crippen molar-refractivity contribution in [2.75, 3.05) is 0 Å². The van der Waals surface area contributed by atoms with E-state index in [1.54, 1.807) is 43.3 Å². The third-order valence-corrected chi connectivity index (χ3v) is 2.87. The van der Waals surface area contributed by atoms with E-state index in [0.29, 0.717) is 16.8 Å². The molecule has 0 aliphatic heterocycles. The molecule has 1 amide bonds. The SMILES string of the molecule is CC(/C=C/c1cccc([N+](=O)[O-])c1)=NNC(=O)c1ccncc1. The number of aromatic nitrogens is 1. The maximum atomic E-state index is 11.8. The fraction of sp³-hybridized carbons (Fsp3) is 0.0625. The lowest BCUT2D eigenvalue weighted by atomic mass is 10.2. The summed E-state index contributed by atoms with van der Waals surface area (Å²) in [5, 5.41) is 14.7. The predicted octanol–water partition coefficient (Wildman–Crippen LogP) is 2.81. The third kappa shape index (κ3) is 4.85. The van der Waals surface area contributed by atoms with E-state index < -0.39 is 4.92 Å². The van der Waals surface area contributed by atoms with Crippen LogP contribution in [-0.2, 0) is 0 Å². The van der Waals surface area contributed by atoms with Crippen molar-refractivity contribution < 1.29 is 9.72 Å². The molecule has 0 saturated carbocycles. The molecule has 1 N–H and O–H groups in total. The fourth-order valence-electron chi connectivity index (χ4n) is 1.70. The van der Waals surface area contributed by atoms with Crippen molar-refractivity contribution in [3.05, 3.63) is 76.1 Å². The molecule has 1 heterocycles. The molecule has 2 rings (SSSR count). The summed E-state index contributed by atoms with van der Waals surface area (Å²) in [6.45, 7) is 1.71. The van der Waals surface area contributed by atoms with Crippen molar-refractivity contribution in [2.45, 2.75) is 6.92 Å². The summed E-state index contributed by atoms with van der Waals surface area (Å²) in [5.41, 5.74) is 4.13. The van der Waals surface area contributed by atoms with Crippen molar-refractivity contribution in [1.29, 1.82) is 0 Å². The van der Waals surface area contributed by atoms with Crippen LogP contribution in [0.25, 0.3) is 6.08 Å². The molecule has 1 aromatic carbocycles. The van der Waals surface area contributed by atoms with E-state index in [2.05, 4.69) is 15.5 Å². The van der Waals surface area contributed by atoms with Crippen molar-refractivity contribution in [3.8, 4) is 0 Å². The molecule has 7 nitrogen and oxygen atoms in total. The Bertz CT molecular complexity index is 770. The van der Waals surface area contributed by atoms with E-state index in [0.717, 1.165) is 0 Å². The second-order valence-electron chi connectivity index (χ2n) is 4.62. The second-order valence-corrected chi connectivity index (χ2v) is 4.62. The van der Waals surface area contributed by atoms with Crippen LogP contribution in [-0.4, -0.2) is 21.5 Å². The van der Waals surface area contributed by atoms with Gasteiger partial charge >= 0.3 is 0 Å². The molecule has 0 radical (unpaired) electrons. The first-order chi connectivity index (χ1) is 11.1. The lowest BCUT2D eigenvalue weighted by molar-refractivity contribution is -0.384. The smallest absolute Gasteiger partial charge is 0.267 e. The zero-order valence-corrected chi connectivity index (χ0v) is 12.3. The summed E-state index contributed by atoms with van der Waals surface area (Å²) in [6.07, 6.45) is 6.39. The van der Waals surface area contributed by atoms with Crippen LogP contribution in [0.3, 0.4) is 0 Å². The number of benzene rings is 1. The number of hydrogen-bond donors (Lipinski definition) is 1. The average Bonchev–Trinajstić information content (AvgIpc) is 2.58. The molecule has 116 valence electrons. The van der Waals surface area contributed by atoms with Crippen LogP contribution < -0.4 is 5.43 Å². The number of nitrogens with zero attached hydrogens (tertiary/aromatic N) is 3. The van der Waals surface area contributed by atoms with Gasteiger partial charge in [-0.15, -0.1) is 0 Å². The maximum absolute atomic E-state index is 11.8. The highest BCUT2D eigenvalue weighted by Crippen LogP contribution is 2.14. The number of carbonyl (C=O) groups excluding carboxylic acids is 1. The largest absolute Gasteiger partial charge is 0.271 e. The first-order valence-corrected chi connectivity index (χ1v) is 6.73. The van der Waals surface area contributed by atoms with E-state index in [9.17, 15) is 14.9 Å². The average molecular weight is 310 g/mol. The van der Waals surface area contributed by atoms with Gasteiger partial charge in [0.2, 0.25) is 0 Å². The number of amides is 1. The van der Waals surface area contributed by atoms with Gasteiger partial charge in [-0.05, 0) is 30.7 Å². The number of nitrogens with one attached hydrogen (secondary N) is 1. The molecule has 0 aliphatic rings. The molecular formula is C16H14N4O3. The van der Waals surface area contributed by atoms with E-state index in [1.807, 2.05) is 0 Å². The number of hydrogen-bond acceptors (Lipinski definition) is 5. The highest BCUT2D eigenvalue weighted by molar-refractivity contribution is 5.99. The van der Waals surface area contributed by atoms with Gasteiger partial charge in [0.15, 0.2) is 0 Å². The Morgan fingerprint density at radius 1 is 1.30 bits per heavy atom. The van der Waals surface area contributed by atoms with Crippen molar-refractivity contribution in [3.63, 3.8) is 0 Å². The minimum absolute atomic E-state index is 0.0210. The van der Waals surface area contributed by atoms with Gasteiger partial charge in [-0.25, -0.2) is 5.43 Å². The Labute approximate surface area is 132 Å². The number of nitro groups is 1. The summed E-state index contributed by atoms with van der Waals surface area (Å²) in [6, 6.07) is 9.40. The number of rotatable bonds is 5. The Kier molecular flexibility index (Phi) is 5.30. The Balaban J connectivity index is 2.00. The van der Waals surface area contributed by atoms with E-state index in [4.69, 9.17) is 0 Å². The zero-order chi connectivity index (χ0) is 16.7. The Morgan fingerprint density at radius 3 is 2.74 bits per heavy atom. The third-order valence-electron chi connectivity index (χ3n) is 2.87. The molecule has 0 fully saturated rings. The van der Waals surface area contributed by atoms with Crippen molar-refractivity contribution in [2.24, 2.45) is 5.10 Å². The predicted molar refractivity (Wildman–Crippen MR) is 86.9 cm³/mol. The van der Waals surface area contributed by atoms with Crippen LogP contribution in [0.15, 0.2) is 60.0 Å². The van der Waals surface area contributed by atoms with Gasteiger partial charge in [0, 0.05) is 30.1 Å². The van der Waals surface area contributed by atoms with Gasteiger partial charge in [-0.3, -0.25) is 19.9 Å². The summed E-state index contributed by atoms with van der Waals surface area (Å²) in [5.74, 6) is -0.338. The number of non-ortho nitro benzene ring substituents is 1. The second kappa shape index (κ2) is 7.60. The molecule has 0 saturated heterocycles. The molecule has 0 unspecified atom stereocenters. The van der Waals surface area contributed by atoms with Crippen LogP contribution >= 0.6 is 0 Å². The van der Waals surface area contributed by atoms with Crippen molar-refractivity contribution in [1.82, 2.24) is 10.4 Å². The quantitative estimate of drug-likeness (QED) is 0.521. The summed E-state index contributed by atoms with van der Waals surface area (Å²) in [7, 11) is 0. The van der Waals surface area contributed by atoms with Gasteiger partial charge < -0.3 is 0 Å². The van der Waals surface area contributed by atoms with E-state index in [1.165, 1.54) is 24.5 Å². The molecule has 0 aliphatic carbocycles. The molecule has 23 heavy (non-hydrogen) atoms. The lowest BCUT2D eigenvalue weighted by Gasteiger charge is -1.99. The van der Waals surface area contributed by atoms with E-state index >= 15 is 0 Å². The fourth-order valence-corrected chi connectivity index (χ4v) is 1.70. The molecule has 2 aromatic rings. The number of allylic oxidation sites excluding steroid dienone is 1. The van der Waals surface area contributed by atoms with Gasteiger partial charge in [-0.1, -0.05) is 18.2 Å². The molecular weight excluding hydrogens is 296 g/mol. The number of hydrazone groups is 1. The van der Waals surface area contributed by atoms with Crippen LogP contribution in [0, 0.1) is 10.1 Å². The normalized spacial score (nSPS) is 11.4. The maximum Gasteiger partial charge on any atom is 0.271 e. The van der Waals surface area contributed by atoms with Crippen LogP contribution in [0.4, 0.5) is 5.69 Å². The molecule has 0 bridgehead atoms. The highest BCUT2D eigenvalue weighted by atomic mass is 16.6. The number of nitro benzene ring substituents is 1. The topological polar surface area (TPSA) is 97.5 Å². The van der Waals surface area contributed by atoms with Gasteiger partial charge in [0.1, 0.15) is 0 Å². The molecule has 0 spiro atoms. The standard InChI is InChI=1S/C16H14N4O3/c1-12(18-19-16(21)14-7-9-17-10-8-14)5-6-13-3-2-4-15(11-13)20(22)23/h2-11H,1H3,(H,19,21)/b6-5+,18-12?. The van der Waals surface area contributed by atoms with Gasteiger partial charge in [0.25, 0.3) is 11.6 Å². The first-order valence-electron chi connectivity index (χ1n) is 6.73. The lowest BCUT2D eigenvalue weighted by Crippen LogP contribution is -2.18. The number of carbonyl (C=O) groups is 1. The van der Waals surface area contributed by atoms with Crippen LogP contribution in [0.1, 0.15) is 22.8 Å². The van der Waals surface area contributed by atoms with Crippen LogP contribution in [0.2, 0.25) is 0 Å². The zero-order valence-electron chi connectivity index (χ0n) is 12.3. The monoisotopic (exact) mass is 310 g/mol.